The Labute approximate surface area is 308 Å². The smallest absolute Gasteiger partial charge is 0.245 e. The lowest BCUT2D eigenvalue weighted by Gasteiger charge is -2.52. The van der Waals surface area contributed by atoms with Crippen molar-refractivity contribution in [2.24, 2.45) is 17.3 Å². The average molecular weight is 716 g/mol. The van der Waals surface area contributed by atoms with E-state index >= 15 is 0 Å². The molecule has 3 fully saturated rings. The van der Waals surface area contributed by atoms with Crippen LogP contribution in [0.25, 0.3) is 0 Å². The summed E-state index contributed by atoms with van der Waals surface area (Å²) in [5.74, 6) is -1.16. The molecule has 52 heavy (non-hydrogen) atoms. The highest BCUT2D eigenvalue weighted by Crippen LogP contribution is 2.39. The summed E-state index contributed by atoms with van der Waals surface area (Å²) in [7, 11) is 0. The zero-order valence-corrected chi connectivity index (χ0v) is 31.2. The van der Waals surface area contributed by atoms with Crippen LogP contribution in [0.5, 0.6) is 5.75 Å². The van der Waals surface area contributed by atoms with Gasteiger partial charge in [-0.05, 0) is 93.5 Å². The van der Waals surface area contributed by atoms with Crippen molar-refractivity contribution in [3.05, 3.63) is 65.2 Å². The zero-order valence-electron chi connectivity index (χ0n) is 31.2. The van der Waals surface area contributed by atoms with Crippen molar-refractivity contribution in [3.63, 3.8) is 0 Å². The van der Waals surface area contributed by atoms with Crippen LogP contribution >= 0.6 is 0 Å². The number of hydrogen-bond donors (Lipinski definition) is 3. The van der Waals surface area contributed by atoms with Gasteiger partial charge in [0, 0.05) is 64.3 Å². The second-order valence-corrected chi connectivity index (χ2v) is 15.9. The number of rotatable bonds is 7. The third-order valence-electron chi connectivity index (χ3n) is 11.9. The summed E-state index contributed by atoms with van der Waals surface area (Å²) in [5.41, 5.74) is 1.95. The van der Waals surface area contributed by atoms with E-state index in [2.05, 4.69) is 20.9 Å². The van der Waals surface area contributed by atoms with Gasteiger partial charge in [-0.2, -0.15) is 0 Å². The molecule has 4 atom stereocenters. The van der Waals surface area contributed by atoms with E-state index in [9.17, 15) is 19.2 Å². The molecule has 4 amide bonds. The molecule has 0 aliphatic carbocycles. The van der Waals surface area contributed by atoms with Crippen LogP contribution in [0, 0.1) is 24.2 Å². The minimum atomic E-state index is -1.34. The third-order valence-corrected chi connectivity index (χ3v) is 11.9. The Balaban J connectivity index is 1.23. The van der Waals surface area contributed by atoms with Crippen molar-refractivity contribution in [2.75, 3.05) is 52.5 Å². The molecule has 0 aromatic heterocycles. The number of amides is 4. The zero-order chi connectivity index (χ0) is 36.7. The third kappa shape index (κ3) is 9.33. The molecule has 0 saturated carbocycles. The molecular weight excluding hydrogens is 658 g/mol. The molecule has 4 aliphatic rings. The van der Waals surface area contributed by atoms with E-state index < -0.39 is 23.4 Å². The molecule has 3 saturated heterocycles. The summed E-state index contributed by atoms with van der Waals surface area (Å²) in [6, 6.07) is 14.6. The number of nitrogens with one attached hydrogen (secondary N) is 3. The number of ether oxygens (including phenoxy) is 2. The van der Waals surface area contributed by atoms with Gasteiger partial charge in [0.2, 0.25) is 23.6 Å². The van der Waals surface area contributed by atoms with Crippen LogP contribution < -0.4 is 20.7 Å². The van der Waals surface area contributed by atoms with Gasteiger partial charge in [0.1, 0.15) is 17.3 Å². The van der Waals surface area contributed by atoms with Gasteiger partial charge in [-0.1, -0.05) is 43.3 Å². The lowest BCUT2D eigenvalue weighted by molar-refractivity contribution is -0.143. The molecule has 11 heteroatoms. The number of carbonyl (C=O) groups is 4. The van der Waals surface area contributed by atoms with Crippen LogP contribution in [-0.4, -0.2) is 97.6 Å². The fraction of sp³-hybridized carbons (Fsp3) is 0.610. The van der Waals surface area contributed by atoms with Crippen molar-refractivity contribution in [3.8, 4) is 5.75 Å². The standard InChI is InChI=1S/C41H57N5O6/c1-29-11-12-34-24-33(29)25-42-39(50)40(3,16-13-31-8-5-4-6-9-31)44-37(48)36(30(2)38(49)46-19-7-10-32(26-46)15-21-52-34)43-35(47)14-20-45-27-41(28-45)17-22-51-23-18-41/h4-6,8-9,11-12,24,30,32,36H,7,10,13-23,25-28H2,1-3H3,(H,42,50)(H,43,47)(H,44,48)/t30?,32?,36-,40+/m0/s1. The molecule has 3 N–H and O–H groups in total. The van der Waals surface area contributed by atoms with E-state index in [0.717, 1.165) is 80.8 Å². The van der Waals surface area contributed by atoms with Crippen LogP contribution in [0.15, 0.2) is 48.5 Å². The summed E-state index contributed by atoms with van der Waals surface area (Å²) >= 11 is 0. The first-order chi connectivity index (χ1) is 25.0. The van der Waals surface area contributed by atoms with Crippen LogP contribution in [-0.2, 0) is 36.9 Å². The summed E-state index contributed by atoms with van der Waals surface area (Å²) in [6.45, 7) is 11.5. The average Bonchev–Trinajstić information content (AvgIpc) is 3.14. The fourth-order valence-electron chi connectivity index (χ4n) is 8.30. The van der Waals surface area contributed by atoms with E-state index in [4.69, 9.17) is 9.47 Å². The van der Waals surface area contributed by atoms with E-state index in [0.29, 0.717) is 44.5 Å². The first-order valence-electron chi connectivity index (χ1n) is 19.3. The normalized spacial score (nSPS) is 27.3. The second kappa shape index (κ2) is 16.8. The van der Waals surface area contributed by atoms with Gasteiger partial charge >= 0.3 is 0 Å². The predicted molar refractivity (Wildman–Crippen MR) is 198 cm³/mol. The van der Waals surface area contributed by atoms with Gasteiger partial charge < -0.3 is 35.2 Å². The Kier molecular flexibility index (Phi) is 12.2. The van der Waals surface area contributed by atoms with Gasteiger partial charge in [0.25, 0.3) is 0 Å². The summed E-state index contributed by atoms with van der Waals surface area (Å²) in [5, 5.41) is 9.08. The number of piperidine rings is 1. The van der Waals surface area contributed by atoms with Gasteiger partial charge in [-0.25, -0.2) is 0 Å². The highest BCUT2D eigenvalue weighted by Gasteiger charge is 2.44. The molecule has 2 aromatic carbocycles. The Morgan fingerprint density at radius 3 is 2.56 bits per heavy atom. The largest absolute Gasteiger partial charge is 0.494 e. The van der Waals surface area contributed by atoms with Crippen molar-refractivity contribution < 1.29 is 28.7 Å². The minimum Gasteiger partial charge on any atom is -0.494 e. The monoisotopic (exact) mass is 715 g/mol. The first kappa shape index (κ1) is 37.8. The Bertz CT molecular complexity index is 1570. The number of fused-ring (bicyclic) bond motifs is 4. The fourth-order valence-corrected chi connectivity index (χ4v) is 8.30. The van der Waals surface area contributed by atoms with E-state index in [1.165, 1.54) is 0 Å². The Hall–Kier alpha value is -3.96. The van der Waals surface area contributed by atoms with Crippen molar-refractivity contribution in [1.82, 2.24) is 25.8 Å². The first-order valence-corrected chi connectivity index (χ1v) is 19.3. The lowest BCUT2D eigenvalue weighted by atomic mass is 9.73. The highest BCUT2D eigenvalue weighted by atomic mass is 16.5. The van der Waals surface area contributed by atoms with E-state index in [1.54, 1.807) is 13.8 Å². The summed E-state index contributed by atoms with van der Waals surface area (Å²) in [6.07, 6.45) is 5.82. The van der Waals surface area contributed by atoms with Gasteiger partial charge in [-0.15, -0.1) is 0 Å². The van der Waals surface area contributed by atoms with Crippen molar-refractivity contribution in [2.45, 2.75) is 90.3 Å². The number of hydrogen-bond acceptors (Lipinski definition) is 7. The van der Waals surface area contributed by atoms with E-state index in [-0.39, 0.29) is 36.6 Å². The predicted octanol–water partition coefficient (Wildman–Crippen LogP) is 3.76. The number of likely N-dealkylation sites (tertiary alicyclic amines) is 1. The molecule has 11 nitrogen and oxygen atoms in total. The van der Waals surface area contributed by atoms with Gasteiger partial charge in [0.05, 0.1) is 12.5 Å². The van der Waals surface area contributed by atoms with Gasteiger partial charge in [0.15, 0.2) is 0 Å². The molecule has 2 unspecified atom stereocenters. The maximum Gasteiger partial charge on any atom is 0.245 e. The molecule has 6 rings (SSSR count). The molecule has 0 radical (unpaired) electrons. The molecule has 2 aromatic rings. The summed E-state index contributed by atoms with van der Waals surface area (Å²) in [4.78, 5) is 60.4. The second-order valence-electron chi connectivity index (χ2n) is 15.9. The Morgan fingerprint density at radius 2 is 1.79 bits per heavy atom. The number of benzene rings is 2. The highest BCUT2D eigenvalue weighted by molar-refractivity contribution is 5.97. The quantitative estimate of drug-likeness (QED) is 0.399. The van der Waals surface area contributed by atoms with Crippen LogP contribution in [0.2, 0.25) is 0 Å². The molecule has 4 bridgehead atoms. The number of carbonyl (C=O) groups excluding carboxylic acids is 4. The molecule has 4 heterocycles. The molecule has 4 aliphatic heterocycles. The van der Waals surface area contributed by atoms with E-state index in [1.807, 2.05) is 60.4 Å². The number of nitrogens with zero attached hydrogens (tertiary/aromatic N) is 2. The topological polar surface area (TPSA) is 129 Å². The van der Waals surface area contributed by atoms with Crippen LogP contribution in [0.4, 0.5) is 0 Å². The molecule has 1 spiro atoms. The maximum absolute atomic E-state index is 14.4. The molecule has 282 valence electrons. The van der Waals surface area contributed by atoms with Gasteiger partial charge in [-0.3, -0.25) is 19.2 Å². The number of aryl methyl sites for hydroxylation is 2. The Morgan fingerprint density at radius 1 is 1.02 bits per heavy atom. The van der Waals surface area contributed by atoms with Crippen LogP contribution in [0.3, 0.4) is 0 Å². The SMILES string of the molecule is Cc1ccc2cc1CNC(=O)[C@@](C)(CCc1ccccc1)NC(=O)[C@@H](NC(=O)CCN1CC3(CCOCC3)C1)C(C)C(=O)N1CCCC(CCO2)C1. The van der Waals surface area contributed by atoms with Crippen molar-refractivity contribution >= 4 is 23.6 Å². The lowest BCUT2D eigenvalue weighted by Crippen LogP contribution is -2.63. The molecular formula is C41H57N5O6. The van der Waals surface area contributed by atoms with Crippen molar-refractivity contribution in [1.29, 1.82) is 0 Å². The van der Waals surface area contributed by atoms with Crippen LogP contribution in [0.1, 0.15) is 75.5 Å². The summed E-state index contributed by atoms with van der Waals surface area (Å²) < 4.78 is 11.7. The maximum atomic E-state index is 14.4. The minimum absolute atomic E-state index is 0.171.